The lowest BCUT2D eigenvalue weighted by atomic mass is 9.85. The van der Waals surface area contributed by atoms with E-state index in [9.17, 15) is 0 Å². The average molecular weight is 479 g/mol. The molecule has 0 N–H and O–H groups in total. The number of rotatable bonds is 2. The molecule has 3 heteroatoms. The van der Waals surface area contributed by atoms with Crippen LogP contribution in [0.25, 0.3) is 44.1 Å². The molecule has 0 amide bonds. The fourth-order valence-electron chi connectivity index (χ4n) is 4.68. The van der Waals surface area contributed by atoms with Gasteiger partial charge in [-0.25, -0.2) is 0 Å². The zero-order valence-electron chi connectivity index (χ0n) is 21.3. The topological polar surface area (TPSA) is 25.8 Å². The maximum absolute atomic E-state index is 6.97. The van der Waals surface area contributed by atoms with Crippen molar-refractivity contribution in [2.45, 2.75) is 52.4 Å². The summed E-state index contributed by atoms with van der Waals surface area (Å²) in [5, 5.41) is 2.65. The molecule has 0 aliphatic heterocycles. The van der Waals surface area contributed by atoms with E-state index in [1.807, 2.05) is 24.5 Å². The Morgan fingerprint density at radius 2 is 1.03 bits per heavy atom. The van der Waals surface area contributed by atoms with Gasteiger partial charge in [0.15, 0.2) is 0 Å². The molecule has 5 rings (SSSR count). The van der Waals surface area contributed by atoms with Crippen LogP contribution in [0.1, 0.15) is 52.7 Å². The summed E-state index contributed by atoms with van der Waals surface area (Å²) >= 11 is 6.97. The first-order valence-corrected chi connectivity index (χ1v) is 12.5. The Morgan fingerprint density at radius 1 is 0.571 bits per heavy atom. The third-order valence-electron chi connectivity index (χ3n) is 6.80. The molecule has 0 saturated heterocycles. The summed E-state index contributed by atoms with van der Waals surface area (Å²) in [6, 6.07) is 23.7. The van der Waals surface area contributed by atoms with Crippen molar-refractivity contribution in [2.75, 3.05) is 0 Å². The highest BCUT2D eigenvalue weighted by Crippen LogP contribution is 2.40. The average Bonchev–Trinajstić information content (AvgIpc) is 2.82. The monoisotopic (exact) mass is 478 g/mol. The number of aromatic nitrogens is 2. The summed E-state index contributed by atoms with van der Waals surface area (Å²) in [7, 11) is 0. The highest BCUT2D eigenvalue weighted by molar-refractivity contribution is 6.38. The van der Waals surface area contributed by atoms with E-state index in [1.54, 1.807) is 0 Å². The van der Waals surface area contributed by atoms with Crippen molar-refractivity contribution >= 4 is 33.4 Å². The van der Waals surface area contributed by atoms with Gasteiger partial charge < -0.3 is 0 Å². The van der Waals surface area contributed by atoms with Crippen molar-refractivity contribution in [3.05, 3.63) is 95.3 Å². The summed E-state index contributed by atoms with van der Waals surface area (Å²) < 4.78 is 0. The Hall–Kier alpha value is -3.23. The maximum atomic E-state index is 6.97. The Balaban J connectivity index is 1.69. The van der Waals surface area contributed by atoms with Gasteiger partial charge in [-0.05, 0) is 62.4 Å². The number of fused-ring (bicyclic) bond motifs is 3. The maximum Gasteiger partial charge on any atom is 0.0986 e. The van der Waals surface area contributed by atoms with E-state index in [0.29, 0.717) is 5.02 Å². The third-order valence-corrected chi connectivity index (χ3v) is 7.10. The molecular formula is C32H31ClN2. The minimum absolute atomic E-state index is 0.109. The molecule has 0 atom stereocenters. The Labute approximate surface area is 213 Å². The van der Waals surface area contributed by atoms with Crippen LogP contribution in [0.3, 0.4) is 0 Å². The van der Waals surface area contributed by atoms with Crippen molar-refractivity contribution in [3.8, 4) is 22.3 Å². The van der Waals surface area contributed by atoms with E-state index >= 15 is 0 Å². The molecular weight excluding hydrogens is 448 g/mol. The second kappa shape index (κ2) is 8.46. The quantitative estimate of drug-likeness (QED) is 0.236. The molecule has 0 aliphatic carbocycles. The van der Waals surface area contributed by atoms with E-state index in [-0.39, 0.29) is 10.8 Å². The van der Waals surface area contributed by atoms with E-state index in [0.717, 1.165) is 44.1 Å². The van der Waals surface area contributed by atoms with Crippen molar-refractivity contribution < 1.29 is 0 Å². The molecule has 0 saturated carbocycles. The predicted molar refractivity (Wildman–Crippen MR) is 150 cm³/mol. The first-order chi connectivity index (χ1) is 16.5. The van der Waals surface area contributed by atoms with Gasteiger partial charge in [-0.3, -0.25) is 9.97 Å². The molecule has 2 aromatic heterocycles. The number of hydrogen-bond acceptors (Lipinski definition) is 2. The standard InChI is InChI=1S/C32H31ClN2/c1-31(2,3)22-11-7-20(8-12-22)24-15-17-34-29-26(24)19-27(33)28-25(16-18-35-30(28)29)21-9-13-23(14-10-21)32(4,5)6/h7-19H,1-6H3. The molecule has 35 heavy (non-hydrogen) atoms. The minimum Gasteiger partial charge on any atom is -0.254 e. The lowest BCUT2D eigenvalue weighted by Crippen LogP contribution is -2.10. The molecule has 0 aliphatic rings. The number of nitrogens with zero attached hydrogens (tertiary/aromatic N) is 2. The van der Waals surface area contributed by atoms with Crippen LogP contribution in [0.2, 0.25) is 5.02 Å². The van der Waals surface area contributed by atoms with Gasteiger partial charge in [-0.2, -0.15) is 0 Å². The lowest BCUT2D eigenvalue weighted by Gasteiger charge is -2.20. The van der Waals surface area contributed by atoms with E-state index in [2.05, 4.69) is 96.1 Å². The minimum atomic E-state index is 0.109. The normalized spacial score (nSPS) is 12.4. The van der Waals surface area contributed by atoms with Crippen LogP contribution in [0.15, 0.2) is 79.1 Å². The first-order valence-electron chi connectivity index (χ1n) is 12.1. The number of halogens is 1. The smallest absolute Gasteiger partial charge is 0.0986 e. The van der Waals surface area contributed by atoms with Crippen LogP contribution in [0.4, 0.5) is 0 Å². The molecule has 176 valence electrons. The van der Waals surface area contributed by atoms with Crippen LogP contribution in [0, 0.1) is 0 Å². The van der Waals surface area contributed by atoms with Crippen molar-refractivity contribution in [1.82, 2.24) is 9.97 Å². The number of hydrogen-bond donors (Lipinski definition) is 0. The molecule has 0 unspecified atom stereocenters. The zero-order chi connectivity index (χ0) is 25.0. The molecule has 2 nitrogen and oxygen atoms in total. The Morgan fingerprint density at radius 3 is 1.54 bits per heavy atom. The molecule has 5 aromatic rings. The van der Waals surface area contributed by atoms with Gasteiger partial charge in [0.1, 0.15) is 0 Å². The second-order valence-electron chi connectivity index (χ2n) is 11.3. The molecule has 0 bridgehead atoms. The van der Waals surface area contributed by atoms with E-state index in [1.165, 1.54) is 11.1 Å². The van der Waals surface area contributed by atoms with Gasteiger partial charge >= 0.3 is 0 Å². The van der Waals surface area contributed by atoms with Crippen LogP contribution in [-0.2, 0) is 10.8 Å². The van der Waals surface area contributed by atoms with Crippen LogP contribution in [0.5, 0.6) is 0 Å². The molecule has 0 radical (unpaired) electrons. The summed E-state index contributed by atoms with van der Waals surface area (Å²) in [6.45, 7) is 13.4. The van der Waals surface area contributed by atoms with E-state index in [4.69, 9.17) is 21.6 Å². The first kappa shape index (κ1) is 23.5. The highest BCUT2D eigenvalue weighted by Gasteiger charge is 2.18. The SMILES string of the molecule is CC(C)(C)c1ccc(-c2ccnc3c2cc(Cl)c2c(-c4ccc(C(C)(C)C)cc4)ccnc23)cc1. The van der Waals surface area contributed by atoms with Gasteiger partial charge in [0, 0.05) is 23.2 Å². The van der Waals surface area contributed by atoms with Crippen molar-refractivity contribution in [1.29, 1.82) is 0 Å². The number of benzene rings is 3. The molecule has 0 fully saturated rings. The zero-order valence-corrected chi connectivity index (χ0v) is 22.0. The van der Waals surface area contributed by atoms with Gasteiger partial charge in [0.05, 0.1) is 16.1 Å². The van der Waals surface area contributed by atoms with Crippen molar-refractivity contribution in [3.63, 3.8) is 0 Å². The fraction of sp³-hybridized carbons (Fsp3) is 0.250. The van der Waals surface area contributed by atoms with Gasteiger partial charge in [-0.15, -0.1) is 0 Å². The van der Waals surface area contributed by atoms with Gasteiger partial charge in [-0.1, -0.05) is 102 Å². The third kappa shape index (κ3) is 4.32. The summed E-state index contributed by atoms with van der Waals surface area (Å²) in [5.74, 6) is 0. The van der Waals surface area contributed by atoms with Crippen LogP contribution >= 0.6 is 11.6 Å². The molecule has 0 spiro atoms. The second-order valence-corrected chi connectivity index (χ2v) is 11.8. The molecule has 3 aromatic carbocycles. The summed E-state index contributed by atoms with van der Waals surface area (Å²) in [5.41, 5.74) is 9.00. The Bertz CT molecular complexity index is 1530. The number of pyridine rings is 2. The fourth-order valence-corrected chi connectivity index (χ4v) is 4.98. The van der Waals surface area contributed by atoms with Crippen LogP contribution < -0.4 is 0 Å². The summed E-state index contributed by atoms with van der Waals surface area (Å²) in [6.07, 6.45) is 3.73. The Kier molecular flexibility index (Phi) is 5.68. The predicted octanol–water partition coefficient (Wildman–Crippen LogP) is 9.37. The van der Waals surface area contributed by atoms with Gasteiger partial charge in [0.2, 0.25) is 0 Å². The summed E-state index contributed by atoms with van der Waals surface area (Å²) in [4.78, 5) is 9.50. The lowest BCUT2D eigenvalue weighted by molar-refractivity contribution is 0.590. The largest absolute Gasteiger partial charge is 0.254 e. The van der Waals surface area contributed by atoms with Crippen LogP contribution in [-0.4, -0.2) is 9.97 Å². The highest BCUT2D eigenvalue weighted by atomic mass is 35.5. The molecule has 2 heterocycles. The van der Waals surface area contributed by atoms with Gasteiger partial charge in [0.25, 0.3) is 0 Å². The van der Waals surface area contributed by atoms with E-state index < -0.39 is 0 Å². The van der Waals surface area contributed by atoms with Crippen molar-refractivity contribution in [2.24, 2.45) is 0 Å².